The van der Waals surface area contributed by atoms with Gasteiger partial charge in [0.25, 0.3) is 0 Å². The largest absolute Gasteiger partial charge is 0.493 e. The lowest BCUT2D eigenvalue weighted by Gasteiger charge is -2.37. The van der Waals surface area contributed by atoms with Crippen molar-refractivity contribution in [2.75, 3.05) is 6.61 Å². The van der Waals surface area contributed by atoms with Gasteiger partial charge in [0, 0.05) is 28.8 Å². The predicted octanol–water partition coefficient (Wildman–Crippen LogP) is 4.71. The van der Waals surface area contributed by atoms with Gasteiger partial charge in [-0.05, 0) is 36.0 Å². The Labute approximate surface area is 135 Å². The first-order valence-electron chi connectivity index (χ1n) is 7.94. The molecule has 0 saturated heterocycles. The first-order valence-corrected chi connectivity index (χ1v) is 8.73. The normalized spacial score (nSPS) is 23.5. The van der Waals surface area contributed by atoms with Crippen LogP contribution in [0.5, 0.6) is 5.75 Å². The number of halogens is 1. The highest BCUT2D eigenvalue weighted by Gasteiger charge is 2.37. The summed E-state index contributed by atoms with van der Waals surface area (Å²) in [6.07, 6.45) is 6.11. The molecule has 1 atom stereocenters. The summed E-state index contributed by atoms with van der Waals surface area (Å²) in [6.45, 7) is 5.23. The van der Waals surface area contributed by atoms with E-state index in [1.807, 2.05) is 0 Å². The smallest absolute Gasteiger partial charge is 0.141 e. The van der Waals surface area contributed by atoms with Gasteiger partial charge in [0.1, 0.15) is 11.5 Å². The number of Topliss-reactive ketones (excluding diaryl/α,β-unsaturated/α-hetero) is 1. The first kappa shape index (κ1) is 15.1. The van der Waals surface area contributed by atoms with E-state index in [4.69, 9.17) is 4.74 Å². The van der Waals surface area contributed by atoms with Crippen molar-refractivity contribution in [3.8, 4) is 5.75 Å². The molecular formula is C18H23BrO2. The summed E-state index contributed by atoms with van der Waals surface area (Å²) in [4.78, 5) is 12.8. The minimum absolute atomic E-state index is 0.144. The molecule has 1 heterocycles. The van der Waals surface area contributed by atoms with Crippen molar-refractivity contribution >= 4 is 21.7 Å². The van der Waals surface area contributed by atoms with Crippen LogP contribution in [-0.2, 0) is 17.6 Å². The van der Waals surface area contributed by atoms with Gasteiger partial charge in [-0.2, -0.15) is 0 Å². The Bertz CT molecular complexity index is 563. The zero-order chi connectivity index (χ0) is 15.0. The zero-order valence-electron chi connectivity index (χ0n) is 12.9. The van der Waals surface area contributed by atoms with E-state index in [1.165, 1.54) is 18.4 Å². The molecule has 1 unspecified atom stereocenters. The van der Waals surface area contributed by atoms with E-state index in [0.717, 1.165) is 41.7 Å². The van der Waals surface area contributed by atoms with Gasteiger partial charge in [0.05, 0.1) is 6.61 Å². The van der Waals surface area contributed by atoms with Crippen LogP contribution in [0.4, 0.5) is 0 Å². The fourth-order valence-corrected chi connectivity index (χ4v) is 4.43. The Hall–Kier alpha value is -0.830. The molecule has 2 nitrogen and oxygen atoms in total. The molecule has 0 spiro atoms. The molecule has 2 aliphatic rings. The number of carbonyl (C=O) groups is 1. The second-order valence-electron chi connectivity index (χ2n) is 7.08. The topological polar surface area (TPSA) is 26.3 Å². The molecule has 1 aromatic carbocycles. The first-order chi connectivity index (χ1) is 9.97. The highest BCUT2D eigenvalue weighted by Crippen LogP contribution is 2.42. The van der Waals surface area contributed by atoms with Crippen molar-refractivity contribution in [1.29, 1.82) is 0 Å². The number of carbonyl (C=O) groups excluding carboxylic acids is 1. The van der Waals surface area contributed by atoms with E-state index in [2.05, 4.69) is 41.9 Å². The second kappa shape index (κ2) is 5.75. The summed E-state index contributed by atoms with van der Waals surface area (Å²) in [6, 6.07) is 4.17. The average Bonchev–Trinajstić information content (AvgIpc) is 2.86. The minimum atomic E-state index is 0.144. The fraction of sp³-hybridized carbons (Fsp3) is 0.611. The molecule has 114 valence electrons. The SMILES string of the molecule is CC1(C)CCCCC1C(=O)Cc1cc(Br)cc2c1OCC2. The number of benzene rings is 1. The number of ketones is 1. The minimum Gasteiger partial charge on any atom is -0.493 e. The monoisotopic (exact) mass is 350 g/mol. The molecule has 3 heteroatoms. The summed E-state index contributed by atoms with van der Waals surface area (Å²) >= 11 is 3.56. The molecule has 1 aromatic rings. The summed E-state index contributed by atoms with van der Waals surface area (Å²) < 4.78 is 6.80. The maximum atomic E-state index is 12.8. The molecule has 3 rings (SSSR count). The van der Waals surface area contributed by atoms with Crippen LogP contribution in [0.1, 0.15) is 50.7 Å². The van der Waals surface area contributed by atoms with E-state index >= 15 is 0 Å². The Morgan fingerprint density at radius 1 is 1.38 bits per heavy atom. The molecule has 0 N–H and O–H groups in total. The summed E-state index contributed by atoms with van der Waals surface area (Å²) in [7, 11) is 0. The lowest BCUT2D eigenvalue weighted by Crippen LogP contribution is -2.34. The quantitative estimate of drug-likeness (QED) is 0.788. The van der Waals surface area contributed by atoms with E-state index in [0.29, 0.717) is 12.2 Å². The van der Waals surface area contributed by atoms with Gasteiger partial charge < -0.3 is 4.74 Å². The number of hydrogen-bond donors (Lipinski definition) is 0. The Kier molecular flexibility index (Phi) is 4.13. The summed E-state index contributed by atoms with van der Waals surface area (Å²) in [5.41, 5.74) is 2.43. The molecule has 1 aliphatic carbocycles. The van der Waals surface area contributed by atoms with E-state index in [-0.39, 0.29) is 11.3 Å². The lowest BCUT2D eigenvalue weighted by molar-refractivity contribution is -0.127. The third-order valence-corrected chi connectivity index (χ3v) is 5.54. The van der Waals surface area contributed by atoms with Crippen LogP contribution in [0.25, 0.3) is 0 Å². The van der Waals surface area contributed by atoms with Crippen LogP contribution in [-0.4, -0.2) is 12.4 Å². The van der Waals surface area contributed by atoms with Crippen LogP contribution in [0.3, 0.4) is 0 Å². The van der Waals surface area contributed by atoms with Gasteiger partial charge in [-0.1, -0.05) is 42.6 Å². The predicted molar refractivity (Wildman–Crippen MR) is 87.8 cm³/mol. The fourth-order valence-electron chi connectivity index (χ4n) is 3.88. The van der Waals surface area contributed by atoms with Gasteiger partial charge >= 0.3 is 0 Å². The van der Waals surface area contributed by atoms with Crippen molar-refractivity contribution in [1.82, 2.24) is 0 Å². The van der Waals surface area contributed by atoms with Crippen molar-refractivity contribution in [2.24, 2.45) is 11.3 Å². The number of fused-ring (bicyclic) bond motifs is 1. The van der Waals surface area contributed by atoms with Gasteiger partial charge in [-0.3, -0.25) is 4.79 Å². The molecule has 21 heavy (non-hydrogen) atoms. The van der Waals surface area contributed by atoms with Gasteiger partial charge in [0.2, 0.25) is 0 Å². The highest BCUT2D eigenvalue weighted by molar-refractivity contribution is 9.10. The van der Waals surface area contributed by atoms with Crippen LogP contribution in [0, 0.1) is 11.3 Å². The number of ether oxygens (including phenoxy) is 1. The van der Waals surface area contributed by atoms with Crippen LogP contribution >= 0.6 is 15.9 Å². The van der Waals surface area contributed by atoms with Crippen molar-refractivity contribution in [3.63, 3.8) is 0 Å². The molecule has 1 saturated carbocycles. The van der Waals surface area contributed by atoms with Crippen LogP contribution in [0.2, 0.25) is 0 Å². The van der Waals surface area contributed by atoms with Crippen molar-refractivity contribution < 1.29 is 9.53 Å². The Balaban J connectivity index is 1.82. The second-order valence-corrected chi connectivity index (χ2v) is 8.00. The Morgan fingerprint density at radius 2 is 2.19 bits per heavy atom. The third-order valence-electron chi connectivity index (χ3n) is 5.09. The lowest BCUT2D eigenvalue weighted by atomic mass is 9.66. The van der Waals surface area contributed by atoms with Crippen molar-refractivity contribution in [3.05, 3.63) is 27.7 Å². The van der Waals surface area contributed by atoms with E-state index in [9.17, 15) is 4.79 Å². The molecular weight excluding hydrogens is 328 g/mol. The molecule has 0 radical (unpaired) electrons. The Morgan fingerprint density at radius 3 is 2.95 bits per heavy atom. The maximum absolute atomic E-state index is 12.8. The van der Waals surface area contributed by atoms with E-state index in [1.54, 1.807) is 0 Å². The highest BCUT2D eigenvalue weighted by atomic mass is 79.9. The number of hydrogen-bond acceptors (Lipinski definition) is 2. The molecule has 1 aliphatic heterocycles. The summed E-state index contributed by atoms with van der Waals surface area (Å²) in [5, 5.41) is 0. The van der Waals surface area contributed by atoms with Crippen LogP contribution < -0.4 is 4.74 Å². The maximum Gasteiger partial charge on any atom is 0.141 e. The van der Waals surface area contributed by atoms with Gasteiger partial charge in [-0.15, -0.1) is 0 Å². The van der Waals surface area contributed by atoms with E-state index < -0.39 is 0 Å². The summed E-state index contributed by atoms with van der Waals surface area (Å²) in [5.74, 6) is 1.54. The molecule has 0 amide bonds. The average molecular weight is 351 g/mol. The third kappa shape index (κ3) is 3.03. The van der Waals surface area contributed by atoms with Gasteiger partial charge in [-0.25, -0.2) is 0 Å². The molecule has 1 fully saturated rings. The van der Waals surface area contributed by atoms with Crippen molar-refractivity contribution in [2.45, 2.75) is 52.4 Å². The molecule has 0 bridgehead atoms. The zero-order valence-corrected chi connectivity index (χ0v) is 14.5. The number of rotatable bonds is 3. The molecule has 0 aromatic heterocycles. The van der Waals surface area contributed by atoms with Gasteiger partial charge in [0.15, 0.2) is 0 Å². The standard InChI is InChI=1S/C18H23BrO2/c1-18(2)7-4-3-5-15(18)16(20)11-13-10-14(19)9-12-6-8-21-17(12)13/h9-10,15H,3-8,11H2,1-2H3. The van der Waals surface area contributed by atoms with Crippen LogP contribution in [0.15, 0.2) is 16.6 Å².